The van der Waals surface area contributed by atoms with Crippen LogP contribution in [0.5, 0.6) is 11.5 Å². The fourth-order valence-corrected chi connectivity index (χ4v) is 5.78. The summed E-state index contributed by atoms with van der Waals surface area (Å²) in [6.45, 7) is 1.40. The Morgan fingerprint density at radius 2 is 1.70 bits per heavy atom. The third kappa shape index (κ3) is 4.78. The maximum absolute atomic E-state index is 14.3. The largest absolute Gasteiger partial charge is 0.493 e. The van der Waals surface area contributed by atoms with Gasteiger partial charge >= 0.3 is 0 Å². The molecule has 192 valence electrons. The molecule has 7 nitrogen and oxygen atoms in total. The van der Waals surface area contributed by atoms with E-state index in [0.29, 0.717) is 41.6 Å². The summed E-state index contributed by atoms with van der Waals surface area (Å²) >= 11 is 0. The van der Waals surface area contributed by atoms with E-state index < -0.39 is 12.0 Å². The molecule has 2 amide bonds. The molecule has 0 radical (unpaired) electrons. The number of hydrogen-bond donors (Lipinski definition) is 0. The normalized spacial score (nSPS) is 19.9. The lowest BCUT2D eigenvalue weighted by atomic mass is 9.78. The predicted molar refractivity (Wildman–Crippen MR) is 141 cm³/mol. The van der Waals surface area contributed by atoms with E-state index in [1.54, 1.807) is 50.7 Å². The molecule has 2 aliphatic heterocycles. The molecule has 0 aliphatic carbocycles. The Labute approximate surface area is 218 Å². The molecule has 0 unspecified atom stereocenters. The Balaban J connectivity index is 1.48. The molecule has 1 saturated heterocycles. The highest BCUT2D eigenvalue weighted by Crippen LogP contribution is 2.46. The Hall–Kier alpha value is -3.87. The number of methoxy groups -OCH3 is 2. The van der Waals surface area contributed by atoms with Crippen molar-refractivity contribution in [3.63, 3.8) is 0 Å². The molecule has 5 rings (SSSR count). The standard InChI is InChI=1S/C30H33N3O4/c1-32-28(22-10-7-13-31-19-22)27(23-17-25(36-2)26(37-3)18-24(23)29(32)34)30(35)33-14-11-21(12-15-33)16-20-8-5-4-6-9-20/h4-10,13,17-19,21,27-28H,11-12,14-16H2,1-3H3/t27-,28+/m0/s1. The van der Waals surface area contributed by atoms with E-state index in [4.69, 9.17) is 9.47 Å². The number of piperidine rings is 1. The first-order chi connectivity index (χ1) is 18.0. The van der Waals surface area contributed by atoms with Crippen LogP contribution in [0, 0.1) is 5.92 Å². The molecule has 1 fully saturated rings. The summed E-state index contributed by atoms with van der Waals surface area (Å²) in [4.78, 5) is 35.7. The third-order valence-electron chi connectivity index (χ3n) is 7.76. The van der Waals surface area contributed by atoms with Gasteiger partial charge in [0.2, 0.25) is 5.91 Å². The zero-order chi connectivity index (χ0) is 25.9. The number of carbonyl (C=O) groups excluding carboxylic acids is 2. The van der Waals surface area contributed by atoms with E-state index >= 15 is 0 Å². The average Bonchev–Trinajstić information content (AvgIpc) is 2.95. The highest BCUT2D eigenvalue weighted by Gasteiger charge is 2.45. The molecular weight excluding hydrogens is 466 g/mol. The smallest absolute Gasteiger partial charge is 0.254 e. The monoisotopic (exact) mass is 499 g/mol. The van der Waals surface area contributed by atoms with Gasteiger partial charge < -0.3 is 19.3 Å². The maximum atomic E-state index is 14.3. The van der Waals surface area contributed by atoms with E-state index in [1.165, 1.54) is 5.56 Å². The molecule has 37 heavy (non-hydrogen) atoms. The van der Waals surface area contributed by atoms with Gasteiger partial charge in [0.05, 0.1) is 26.2 Å². The van der Waals surface area contributed by atoms with Crippen LogP contribution in [0.3, 0.4) is 0 Å². The SMILES string of the molecule is COc1cc2c(cc1OC)[C@H](C(=O)N1CCC(Cc3ccccc3)CC1)[C@@H](c1cccnc1)N(C)C2=O. The van der Waals surface area contributed by atoms with Gasteiger partial charge in [0.1, 0.15) is 0 Å². The molecule has 3 heterocycles. The number of amides is 2. The number of fused-ring (bicyclic) bond motifs is 1. The van der Waals surface area contributed by atoms with E-state index in [0.717, 1.165) is 24.8 Å². The zero-order valence-corrected chi connectivity index (χ0v) is 21.6. The number of likely N-dealkylation sites (N-methyl/N-ethyl adjacent to an activating group) is 1. The van der Waals surface area contributed by atoms with Crippen LogP contribution in [0.1, 0.15) is 51.8 Å². The van der Waals surface area contributed by atoms with Gasteiger partial charge in [0.25, 0.3) is 5.91 Å². The first-order valence-electron chi connectivity index (χ1n) is 12.8. The van der Waals surface area contributed by atoms with Gasteiger partial charge in [-0.2, -0.15) is 0 Å². The molecule has 0 bridgehead atoms. The number of pyridine rings is 1. The minimum atomic E-state index is -0.577. The van der Waals surface area contributed by atoms with Crippen LogP contribution >= 0.6 is 0 Å². The van der Waals surface area contributed by atoms with Crippen molar-refractivity contribution in [2.45, 2.75) is 31.2 Å². The number of rotatable bonds is 6. The van der Waals surface area contributed by atoms with Crippen molar-refractivity contribution in [1.29, 1.82) is 0 Å². The molecule has 2 atom stereocenters. The maximum Gasteiger partial charge on any atom is 0.254 e. The summed E-state index contributed by atoms with van der Waals surface area (Å²) in [6, 6.07) is 17.3. The quantitative estimate of drug-likeness (QED) is 0.500. The average molecular weight is 500 g/mol. The number of carbonyl (C=O) groups is 2. The lowest BCUT2D eigenvalue weighted by molar-refractivity contribution is -0.136. The second kappa shape index (κ2) is 10.6. The van der Waals surface area contributed by atoms with Crippen LogP contribution in [0.25, 0.3) is 0 Å². The lowest BCUT2D eigenvalue weighted by Gasteiger charge is -2.43. The number of aromatic nitrogens is 1. The van der Waals surface area contributed by atoms with Crippen LogP contribution in [0.4, 0.5) is 0 Å². The van der Waals surface area contributed by atoms with Gasteiger partial charge in [0.15, 0.2) is 11.5 Å². The van der Waals surface area contributed by atoms with Crippen molar-refractivity contribution in [1.82, 2.24) is 14.8 Å². The molecule has 7 heteroatoms. The van der Waals surface area contributed by atoms with Gasteiger partial charge in [-0.05, 0) is 60.1 Å². The molecule has 0 saturated carbocycles. The van der Waals surface area contributed by atoms with Crippen molar-refractivity contribution >= 4 is 11.8 Å². The zero-order valence-electron chi connectivity index (χ0n) is 21.6. The van der Waals surface area contributed by atoms with Crippen LogP contribution < -0.4 is 9.47 Å². The van der Waals surface area contributed by atoms with Gasteiger partial charge in [0, 0.05) is 38.1 Å². The van der Waals surface area contributed by atoms with Crippen molar-refractivity contribution in [3.05, 3.63) is 89.2 Å². The molecule has 2 aromatic carbocycles. The van der Waals surface area contributed by atoms with Crippen LogP contribution in [-0.2, 0) is 11.2 Å². The van der Waals surface area contributed by atoms with Crippen molar-refractivity contribution in [2.75, 3.05) is 34.4 Å². The van der Waals surface area contributed by atoms with E-state index in [2.05, 4.69) is 29.2 Å². The second-order valence-corrected chi connectivity index (χ2v) is 9.88. The minimum Gasteiger partial charge on any atom is -0.493 e. The first-order valence-corrected chi connectivity index (χ1v) is 12.8. The number of likely N-dealkylation sites (tertiary alicyclic amines) is 1. The van der Waals surface area contributed by atoms with Gasteiger partial charge in [-0.25, -0.2) is 0 Å². The van der Waals surface area contributed by atoms with Gasteiger partial charge in [-0.3, -0.25) is 14.6 Å². The third-order valence-corrected chi connectivity index (χ3v) is 7.76. The fourth-order valence-electron chi connectivity index (χ4n) is 5.78. The van der Waals surface area contributed by atoms with Crippen LogP contribution in [0.15, 0.2) is 67.0 Å². The van der Waals surface area contributed by atoms with Gasteiger partial charge in [-0.15, -0.1) is 0 Å². The van der Waals surface area contributed by atoms with Crippen molar-refractivity contribution in [2.24, 2.45) is 5.92 Å². The summed E-state index contributed by atoms with van der Waals surface area (Å²) in [5.41, 5.74) is 3.31. The lowest BCUT2D eigenvalue weighted by Crippen LogP contribution is -2.48. The van der Waals surface area contributed by atoms with E-state index in [1.807, 2.05) is 23.1 Å². The van der Waals surface area contributed by atoms with E-state index in [-0.39, 0.29) is 11.8 Å². The fraction of sp³-hybridized carbons (Fsp3) is 0.367. The van der Waals surface area contributed by atoms with Crippen LogP contribution in [0.2, 0.25) is 0 Å². The summed E-state index contributed by atoms with van der Waals surface area (Å²) < 4.78 is 11.0. The molecular formula is C30H33N3O4. The highest BCUT2D eigenvalue weighted by atomic mass is 16.5. The summed E-state index contributed by atoms with van der Waals surface area (Å²) in [7, 11) is 4.86. The molecule has 3 aromatic rings. The van der Waals surface area contributed by atoms with Crippen LogP contribution in [-0.4, -0.2) is 61.0 Å². The predicted octanol–water partition coefficient (Wildman–Crippen LogP) is 4.49. The highest BCUT2D eigenvalue weighted by molar-refractivity contribution is 6.02. The van der Waals surface area contributed by atoms with Crippen molar-refractivity contribution < 1.29 is 19.1 Å². The molecule has 2 aliphatic rings. The number of hydrogen-bond acceptors (Lipinski definition) is 5. The number of ether oxygens (including phenoxy) is 2. The first kappa shape index (κ1) is 24.8. The second-order valence-electron chi connectivity index (χ2n) is 9.88. The summed E-state index contributed by atoms with van der Waals surface area (Å²) in [5.74, 6) is 0.814. The van der Waals surface area contributed by atoms with Gasteiger partial charge in [-0.1, -0.05) is 36.4 Å². The number of nitrogens with zero attached hydrogens (tertiary/aromatic N) is 3. The number of benzene rings is 2. The summed E-state index contributed by atoms with van der Waals surface area (Å²) in [5, 5.41) is 0. The molecule has 1 aromatic heterocycles. The molecule has 0 spiro atoms. The topological polar surface area (TPSA) is 72.0 Å². The Morgan fingerprint density at radius 1 is 1.00 bits per heavy atom. The Morgan fingerprint density at radius 3 is 2.35 bits per heavy atom. The molecule has 0 N–H and O–H groups in total. The van der Waals surface area contributed by atoms with E-state index in [9.17, 15) is 9.59 Å². The Kier molecular flexibility index (Phi) is 7.12. The minimum absolute atomic E-state index is 0.0276. The van der Waals surface area contributed by atoms with Crippen molar-refractivity contribution in [3.8, 4) is 11.5 Å². The summed E-state index contributed by atoms with van der Waals surface area (Å²) in [6.07, 6.45) is 6.38. The Bertz CT molecular complexity index is 1260.